The van der Waals surface area contributed by atoms with E-state index in [1.54, 1.807) is 23.9 Å². The highest BCUT2D eigenvalue weighted by Crippen LogP contribution is 2.25. The predicted molar refractivity (Wildman–Crippen MR) is 78.1 cm³/mol. The Morgan fingerprint density at radius 1 is 1.35 bits per heavy atom. The number of hydrogen-bond acceptors (Lipinski definition) is 3. The van der Waals surface area contributed by atoms with E-state index in [1.807, 2.05) is 0 Å². The first kappa shape index (κ1) is 15.3. The number of rotatable bonds is 6. The molecule has 0 heterocycles. The third-order valence-corrected chi connectivity index (χ3v) is 4.62. The molecule has 2 N–H and O–H groups in total. The first-order valence-electron chi connectivity index (χ1n) is 7.01. The van der Waals surface area contributed by atoms with E-state index in [-0.39, 0.29) is 17.6 Å². The summed E-state index contributed by atoms with van der Waals surface area (Å²) in [6, 6.07) is 6.41. The van der Waals surface area contributed by atoms with Crippen molar-refractivity contribution in [2.75, 3.05) is 12.3 Å². The van der Waals surface area contributed by atoms with Gasteiger partial charge in [-0.3, -0.25) is 4.79 Å². The Balaban J connectivity index is 1.59. The van der Waals surface area contributed by atoms with E-state index >= 15 is 0 Å². The van der Waals surface area contributed by atoms with Gasteiger partial charge >= 0.3 is 0 Å². The smallest absolute Gasteiger partial charge is 0.225 e. The number of carbonyl (C=O) groups excluding carboxylic acids is 1. The van der Waals surface area contributed by atoms with Crippen molar-refractivity contribution in [1.82, 2.24) is 5.32 Å². The van der Waals surface area contributed by atoms with E-state index in [0.29, 0.717) is 6.54 Å². The molecule has 1 aromatic carbocycles. The zero-order valence-electron chi connectivity index (χ0n) is 11.3. The van der Waals surface area contributed by atoms with Crippen LogP contribution in [0.3, 0.4) is 0 Å². The Labute approximate surface area is 123 Å². The van der Waals surface area contributed by atoms with Crippen LogP contribution in [0.4, 0.5) is 4.39 Å². The standard InChI is InChI=1S/C15H20FNO2S/c16-11-5-7-12(8-6-11)20-10-2-9-17-15(19)13-3-1-4-14(13)18/h5-8,13-14,18H,1-4,9-10H2,(H,17,19). The summed E-state index contributed by atoms with van der Waals surface area (Å²) in [6.07, 6.45) is 2.84. The lowest BCUT2D eigenvalue weighted by Gasteiger charge is -2.14. The van der Waals surface area contributed by atoms with Gasteiger partial charge in [-0.2, -0.15) is 0 Å². The number of amides is 1. The van der Waals surface area contributed by atoms with Gasteiger partial charge in [-0.15, -0.1) is 11.8 Å². The molecule has 110 valence electrons. The molecule has 1 aliphatic carbocycles. The van der Waals surface area contributed by atoms with Crippen LogP contribution in [-0.4, -0.2) is 29.4 Å². The minimum absolute atomic E-state index is 0.0261. The molecule has 0 radical (unpaired) electrons. The fraction of sp³-hybridized carbons (Fsp3) is 0.533. The molecule has 0 bridgehead atoms. The molecule has 5 heteroatoms. The summed E-state index contributed by atoms with van der Waals surface area (Å²) in [4.78, 5) is 12.8. The molecule has 1 saturated carbocycles. The molecular formula is C15H20FNO2S. The molecule has 0 aromatic heterocycles. The van der Waals surface area contributed by atoms with Crippen LogP contribution in [0.5, 0.6) is 0 Å². The minimum Gasteiger partial charge on any atom is -0.392 e. The van der Waals surface area contributed by atoms with Gasteiger partial charge < -0.3 is 10.4 Å². The van der Waals surface area contributed by atoms with Gasteiger partial charge in [0.05, 0.1) is 12.0 Å². The maximum Gasteiger partial charge on any atom is 0.225 e. The summed E-state index contributed by atoms with van der Waals surface area (Å²) in [5.74, 6) is 0.400. The molecule has 2 atom stereocenters. The number of benzene rings is 1. The highest BCUT2D eigenvalue weighted by atomic mass is 32.2. The van der Waals surface area contributed by atoms with Crippen LogP contribution in [-0.2, 0) is 4.79 Å². The van der Waals surface area contributed by atoms with Gasteiger partial charge in [0.2, 0.25) is 5.91 Å². The van der Waals surface area contributed by atoms with Crippen molar-refractivity contribution in [3.8, 4) is 0 Å². The molecule has 1 aliphatic rings. The number of aliphatic hydroxyl groups is 1. The molecule has 1 fully saturated rings. The Kier molecular flexibility index (Phi) is 5.86. The Morgan fingerprint density at radius 3 is 2.75 bits per heavy atom. The van der Waals surface area contributed by atoms with E-state index in [9.17, 15) is 14.3 Å². The van der Waals surface area contributed by atoms with E-state index in [1.165, 1.54) is 12.1 Å². The number of hydrogen-bond donors (Lipinski definition) is 2. The molecule has 3 nitrogen and oxygen atoms in total. The second kappa shape index (κ2) is 7.64. The highest BCUT2D eigenvalue weighted by Gasteiger charge is 2.30. The van der Waals surface area contributed by atoms with Crippen LogP contribution >= 0.6 is 11.8 Å². The number of halogens is 1. The van der Waals surface area contributed by atoms with Crippen molar-refractivity contribution in [2.24, 2.45) is 5.92 Å². The van der Waals surface area contributed by atoms with Crippen LogP contribution in [0, 0.1) is 11.7 Å². The molecule has 0 spiro atoms. The van der Waals surface area contributed by atoms with Gasteiger partial charge in [-0.05, 0) is 55.7 Å². The Morgan fingerprint density at radius 2 is 2.10 bits per heavy atom. The summed E-state index contributed by atoms with van der Waals surface area (Å²) in [7, 11) is 0. The largest absolute Gasteiger partial charge is 0.392 e. The highest BCUT2D eigenvalue weighted by molar-refractivity contribution is 7.99. The fourth-order valence-electron chi connectivity index (χ4n) is 2.38. The molecule has 0 saturated heterocycles. The zero-order valence-corrected chi connectivity index (χ0v) is 12.2. The van der Waals surface area contributed by atoms with Crippen LogP contribution in [0.25, 0.3) is 0 Å². The van der Waals surface area contributed by atoms with E-state index in [2.05, 4.69) is 5.32 Å². The number of aliphatic hydroxyl groups excluding tert-OH is 1. The second-order valence-corrected chi connectivity index (χ2v) is 6.22. The van der Waals surface area contributed by atoms with Crippen LogP contribution in [0.1, 0.15) is 25.7 Å². The van der Waals surface area contributed by atoms with Crippen molar-refractivity contribution >= 4 is 17.7 Å². The average molecular weight is 297 g/mol. The Hall–Kier alpha value is -1.07. The first-order chi connectivity index (χ1) is 9.66. The summed E-state index contributed by atoms with van der Waals surface area (Å²) >= 11 is 1.65. The SMILES string of the molecule is O=C(NCCCSc1ccc(F)cc1)C1CCCC1O. The number of thioether (sulfide) groups is 1. The van der Waals surface area contributed by atoms with Gasteiger partial charge in [0.15, 0.2) is 0 Å². The lowest BCUT2D eigenvalue weighted by Crippen LogP contribution is -2.35. The van der Waals surface area contributed by atoms with E-state index < -0.39 is 6.10 Å². The maximum atomic E-state index is 12.7. The molecule has 2 unspecified atom stereocenters. The monoisotopic (exact) mass is 297 g/mol. The van der Waals surface area contributed by atoms with Gasteiger partial charge in [-0.1, -0.05) is 0 Å². The van der Waals surface area contributed by atoms with Gasteiger partial charge in [0.25, 0.3) is 0 Å². The molecular weight excluding hydrogens is 277 g/mol. The third kappa shape index (κ3) is 4.49. The molecule has 0 aliphatic heterocycles. The van der Waals surface area contributed by atoms with Gasteiger partial charge in [0.1, 0.15) is 5.82 Å². The zero-order chi connectivity index (χ0) is 14.4. The average Bonchev–Trinajstić information content (AvgIpc) is 2.86. The summed E-state index contributed by atoms with van der Waals surface area (Å²) in [6.45, 7) is 0.621. The van der Waals surface area contributed by atoms with E-state index in [4.69, 9.17) is 0 Å². The maximum absolute atomic E-state index is 12.7. The van der Waals surface area contributed by atoms with Crippen molar-refractivity contribution in [3.05, 3.63) is 30.1 Å². The second-order valence-electron chi connectivity index (χ2n) is 5.05. The summed E-state index contributed by atoms with van der Waals surface area (Å²) in [5, 5.41) is 12.5. The number of carbonyl (C=O) groups is 1. The number of nitrogens with one attached hydrogen (secondary N) is 1. The fourth-order valence-corrected chi connectivity index (χ4v) is 3.23. The van der Waals surface area contributed by atoms with Gasteiger partial charge in [0, 0.05) is 11.4 Å². The predicted octanol–water partition coefficient (Wildman–Crippen LogP) is 2.59. The van der Waals surface area contributed by atoms with Crippen LogP contribution < -0.4 is 5.32 Å². The van der Waals surface area contributed by atoms with Gasteiger partial charge in [-0.25, -0.2) is 4.39 Å². The lowest BCUT2D eigenvalue weighted by atomic mass is 10.1. The minimum atomic E-state index is -0.469. The van der Waals surface area contributed by atoms with Crippen LogP contribution in [0.2, 0.25) is 0 Å². The molecule has 1 aromatic rings. The van der Waals surface area contributed by atoms with Crippen molar-refractivity contribution in [3.63, 3.8) is 0 Å². The van der Waals surface area contributed by atoms with Crippen molar-refractivity contribution < 1.29 is 14.3 Å². The van der Waals surface area contributed by atoms with Crippen molar-refractivity contribution in [1.29, 1.82) is 0 Å². The molecule has 1 amide bonds. The molecule has 20 heavy (non-hydrogen) atoms. The lowest BCUT2D eigenvalue weighted by molar-refractivity contribution is -0.127. The third-order valence-electron chi connectivity index (χ3n) is 3.52. The Bertz CT molecular complexity index is 438. The first-order valence-corrected chi connectivity index (χ1v) is 7.99. The van der Waals surface area contributed by atoms with Crippen molar-refractivity contribution in [2.45, 2.75) is 36.7 Å². The summed E-state index contributed by atoms with van der Waals surface area (Å²) < 4.78 is 12.7. The summed E-state index contributed by atoms with van der Waals surface area (Å²) in [5.41, 5.74) is 0. The molecule has 2 rings (SSSR count). The normalized spacial score (nSPS) is 21.9. The van der Waals surface area contributed by atoms with Crippen LogP contribution in [0.15, 0.2) is 29.2 Å². The van der Waals surface area contributed by atoms with E-state index in [0.717, 1.165) is 36.3 Å². The quantitative estimate of drug-likeness (QED) is 0.627. The topological polar surface area (TPSA) is 49.3 Å².